The summed E-state index contributed by atoms with van der Waals surface area (Å²) in [5.74, 6) is 1.47. The lowest BCUT2D eigenvalue weighted by Crippen LogP contribution is -2.37. The molecular formula is C23H34N4O2S. The quantitative estimate of drug-likeness (QED) is 0.325. The molecule has 3 rings (SSSR count). The topological polar surface area (TPSA) is 67.8 Å². The highest BCUT2D eigenvalue weighted by Gasteiger charge is 2.13. The molecule has 164 valence electrons. The Balaban J connectivity index is 1.26. The molecule has 1 fully saturated rings. The number of aryl methyl sites for hydroxylation is 2. The van der Waals surface area contributed by atoms with Gasteiger partial charge in [0.1, 0.15) is 0 Å². The summed E-state index contributed by atoms with van der Waals surface area (Å²) in [6.07, 6.45) is 5.22. The summed E-state index contributed by atoms with van der Waals surface area (Å²) >= 11 is 1.73. The molecular weight excluding hydrogens is 396 g/mol. The second-order valence-electron chi connectivity index (χ2n) is 7.55. The van der Waals surface area contributed by atoms with Crippen LogP contribution in [0, 0.1) is 5.92 Å². The number of aliphatic imine (C=N–C) groups is 1. The second-order valence-corrected chi connectivity index (χ2v) is 8.50. The van der Waals surface area contributed by atoms with Crippen LogP contribution in [0.25, 0.3) is 0 Å². The molecule has 1 aliphatic rings. The summed E-state index contributed by atoms with van der Waals surface area (Å²) < 4.78 is 11.2. The van der Waals surface area contributed by atoms with Crippen molar-refractivity contribution in [1.82, 2.24) is 15.6 Å². The van der Waals surface area contributed by atoms with Crippen LogP contribution in [-0.2, 0) is 28.9 Å². The maximum Gasteiger partial charge on any atom is 0.191 e. The van der Waals surface area contributed by atoms with E-state index in [1.165, 1.54) is 10.6 Å². The lowest BCUT2D eigenvalue weighted by atomic mass is 10.0. The highest BCUT2D eigenvalue weighted by atomic mass is 32.1. The Bertz CT molecular complexity index is 745. The van der Waals surface area contributed by atoms with Crippen LogP contribution in [0.5, 0.6) is 0 Å². The van der Waals surface area contributed by atoms with Crippen LogP contribution in [0.15, 0.2) is 40.7 Å². The van der Waals surface area contributed by atoms with Crippen molar-refractivity contribution in [3.8, 4) is 0 Å². The maximum atomic E-state index is 5.81. The summed E-state index contributed by atoms with van der Waals surface area (Å²) in [5, 5.41) is 10.0. The first-order valence-electron chi connectivity index (χ1n) is 10.9. The van der Waals surface area contributed by atoms with E-state index < -0.39 is 0 Å². The Morgan fingerprint density at radius 3 is 2.83 bits per heavy atom. The number of aromatic nitrogens is 1. The summed E-state index contributed by atoms with van der Waals surface area (Å²) in [6.45, 7) is 4.91. The number of rotatable bonds is 11. The summed E-state index contributed by atoms with van der Waals surface area (Å²) in [6, 6.07) is 10.6. The smallest absolute Gasteiger partial charge is 0.191 e. The number of thiazole rings is 1. The molecule has 0 radical (unpaired) electrons. The highest BCUT2D eigenvalue weighted by Crippen LogP contribution is 2.15. The molecule has 1 saturated heterocycles. The molecule has 2 aromatic rings. The lowest BCUT2D eigenvalue weighted by molar-refractivity contribution is 0.0203. The Morgan fingerprint density at radius 2 is 2.03 bits per heavy atom. The van der Waals surface area contributed by atoms with E-state index in [-0.39, 0.29) is 0 Å². The Morgan fingerprint density at radius 1 is 1.20 bits per heavy atom. The van der Waals surface area contributed by atoms with E-state index in [2.05, 4.69) is 51.3 Å². The molecule has 0 atom stereocenters. The molecule has 0 spiro atoms. The zero-order chi connectivity index (χ0) is 20.9. The molecule has 0 amide bonds. The third kappa shape index (κ3) is 8.42. The standard InChI is InChI=1S/C23H34N4O2S/c1-24-23(25-12-5-13-29-17-20-10-14-28-15-11-20)26-16-21-18-30-22(27-21)9-8-19-6-3-2-4-7-19/h2-4,6-7,18,20H,5,8-17H2,1H3,(H2,24,25,26). The van der Waals surface area contributed by atoms with Crippen LogP contribution < -0.4 is 10.6 Å². The van der Waals surface area contributed by atoms with Gasteiger partial charge in [-0.2, -0.15) is 0 Å². The Labute approximate surface area is 184 Å². The van der Waals surface area contributed by atoms with Gasteiger partial charge in [0.25, 0.3) is 0 Å². The van der Waals surface area contributed by atoms with Crippen LogP contribution in [0.3, 0.4) is 0 Å². The molecule has 1 aromatic carbocycles. The molecule has 7 heteroatoms. The molecule has 1 aliphatic heterocycles. The first-order chi connectivity index (χ1) is 14.8. The van der Waals surface area contributed by atoms with E-state index in [0.29, 0.717) is 12.5 Å². The molecule has 0 bridgehead atoms. The van der Waals surface area contributed by atoms with Gasteiger partial charge < -0.3 is 20.1 Å². The number of hydrogen-bond acceptors (Lipinski definition) is 5. The predicted molar refractivity (Wildman–Crippen MR) is 123 cm³/mol. The van der Waals surface area contributed by atoms with E-state index in [1.54, 1.807) is 18.4 Å². The van der Waals surface area contributed by atoms with Gasteiger partial charge in [0, 0.05) is 51.8 Å². The Hall–Kier alpha value is -1.96. The fourth-order valence-corrected chi connectivity index (χ4v) is 4.18. The third-order valence-electron chi connectivity index (χ3n) is 5.18. The highest BCUT2D eigenvalue weighted by molar-refractivity contribution is 7.09. The van der Waals surface area contributed by atoms with Gasteiger partial charge in [-0.15, -0.1) is 11.3 Å². The summed E-state index contributed by atoms with van der Waals surface area (Å²) in [7, 11) is 1.79. The van der Waals surface area contributed by atoms with Crippen LogP contribution in [-0.4, -0.2) is 51.0 Å². The summed E-state index contributed by atoms with van der Waals surface area (Å²) in [5.41, 5.74) is 2.42. The number of hydrogen-bond donors (Lipinski definition) is 2. The minimum absolute atomic E-state index is 0.664. The summed E-state index contributed by atoms with van der Waals surface area (Å²) in [4.78, 5) is 9.03. The van der Waals surface area contributed by atoms with E-state index in [4.69, 9.17) is 14.5 Å². The average Bonchev–Trinajstić information content (AvgIpc) is 3.26. The molecule has 2 heterocycles. The van der Waals surface area contributed by atoms with E-state index in [0.717, 1.165) is 76.7 Å². The van der Waals surface area contributed by atoms with E-state index >= 15 is 0 Å². The van der Waals surface area contributed by atoms with Crippen molar-refractivity contribution in [2.75, 3.05) is 40.0 Å². The molecule has 0 unspecified atom stereocenters. The van der Waals surface area contributed by atoms with Crippen molar-refractivity contribution in [2.24, 2.45) is 10.9 Å². The number of benzene rings is 1. The molecule has 6 nitrogen and oxygen atoms in total. The lowest BCUT2D eigenvalue weighted by Gasteiger charge is -2.21. The van der Waals surface area contributed by atoms with Crippen molar-refractivity contribution in [1.29, 1.82) is 0 Å². The zero-order valence-electron chi connectivity index (χ0n) is 17.9. The van der Waals surface area contributed by atoms with Gasteiger partial charge in [0.05, 0.1) is 17.2 Å². The second kappa shape index (κ2) is 13.4. The van der Waals surface area contributed by atoms with Crippen LogP contribution in [0.2, 0.25) is 0 Å². The number of guanidine groups is 1. The molecule has 30 heavy (non-hydrogen) atoms. The largest absolute Gasteiger partial charge is 0.381 e. The number of ether oxygens (including phenoxy) is 2. The van der Waals surface area contributed by atoms with Crippen molar-refractivity contribution in [2.45, 2.75) is 38.6 Å². The molecule has 0 aliphatic carbocycles. The van der Waals surface area contributed by atoms with Crippen molar-refractivity contribution in [3.63, 3.8) is 0 Å². The minimum Gasteiger partial charge on any atom is -0.381 e. The van der Waals surface area contributed by atoms with Gasteiger partial charge >= 0.3 is 0 Å². The maximum absolute atomic E-state index is 5.81. The van der Waals surface area contributed by atoms with Crippen LogP contribution >= 0.6 is 11.3 Å². The van der Waals surface area contributed by atoms with Crippen LogP contribution in [0.1, 0.15) is 35.5 Å². The van der Waals surface area contributed by atoms with Gasteiger partial charge in [-0.05, 0) is 37.2 Å². The zero-order valence-corrected chi connectivity index (χ0v) is 18.8. The van der Waals surface area contributed by atoms with Crippen molar-refractivity contribution >= 4 is 17.3 Å². The van der Waals surface area contributed by atoms with Gasteiger partial charge in [-0.3, -0.25) is 4.99 Å². The molecule has 1 aromatic heterocycles. The Kier molecular flexibility index (Phi) is 10.1. The first kappa shape index (κ1) is 22.7. The van der Waals surface area contributed by atoms with Gasteiger partial charge in [-0.25, -0.2) is 4.98 Å². The molecule has 0 saturated carbocycles. The fourth-order valence-electron chi connectivity index (χ4n) is 3.38. The van der Waals surface area contributed by atoms with Crippen LogP contribution in [0.4, 0.5) is 0 Å². The minimum atomic E-state index is 0.664. The SMILES string of the molecule is CN=C(NCCCOCC1CCOCC1)NCc1csc(CCc2ccccc2)n1. The average molecular weight is 431 g/mol. The number of nitrogens with one attached hydrogen (secondary N) is 2. The van der Waals surface area contributed by atoms with E-state index in [1.807, 2.05) is 0 Å². The first-order valence-corrected chi connectivity index (χ1v) is 11.8. The number of nitrogens with zero attached hydrogens (tertiary/aromatic N) is 2. The van der Waals surface area contributed by atoms with Gasteiger partial charge in [0.15, 0.2) is 5.96 Å². The monoisotopic (exact) mass is 430 g/mol. The van der Waals surface area contributed by atoms with Gasteiger partial charge in [0.2, 0.25) is 0 Å². The van der Waals surface area contributed by atoms with Gasteiger partial charge in [-0.1, -0.05) is 30.3 Å². The van der Waals surface area contributed by atoms with E-state index in [9.17, 15) is 0 Å². The van der Waals surface area contributed by atoms with Crippen molar-refractivity contribution in [3.05, 3.63) is 52.0 Å². The predicted octanol–water partition coefficient (Wildman–Crippen LogP) is 3.43. The molecule has 2 N–H and O–H groups in total. The fraction of sp³-hybridized carbons (Fsp3) is 0.565. The van der Waals surface area contributed by atoms with Crippen molar-refractivity contribution < 1.29 is 9.47 Å². The third-order valence-corrected chi connectivity index (χ3v) is 6.14. The normalized spacial score (nSPS) is 15.3.